The van der Waals surface area contributed by atoms with Crippen molar-refractivity contribution in [2.75, 3.05) is 14.2 Å². The molecule has 0 aromatic carbocycles. The lowest BCUT2D eigenvalue weighted by molar-refractivity contribution is -0.235. The second-order valence-corrected chi connectivity index (χ2v) is 3.35. The van der Waals surface area contributed by atoms with Crippen molar-refractivity contribution in [1.82, 2.24) is 4.84 Å². The normalized spacial score (nSPS) is 28.8. The van der Waals surface area contributed by atoms with Gasteiger partial charge >= 0.3 is 0 Å². The first-order chi connectivity index (χ1) is 5.79. The van der Waals surface area contributed by atoms with Gasteiger partial charge in [0.1, 0.15) is 0 Å². The van der Waals surface area contributed by atoms with E-state index in [1.807, 2.05) is 0 Å². The van der Waals surface area contributed by atoms with Gasteiger partial charge in [-0.3, -0.25) is 0 Å². The Bertz CT molecular complexity index is 139. The van der Waals surface area contributed by atoms with Crippen molar-refractivity contribution in [3.63, 3.8) is 0 Å². The molecule has 0 aromatic rings. The first kappa shape index (κ1) is 10.3. The molecule has 0 saturated heterocycles. The van der Waals surface area contributed by atoms with Crippen LogP contribution in [0.15, 0.2) is 0 Å². The van der Waals surface area contributed by atoms with Crippen LogP contribution < -0.4 is 4.84 Å². The molecule has 1 rings (SSSR count). The Morgan fingerprint density at radius 2 is 2.00 bits per heavy atom. The van der Waals surface area contributed by atoms with E-state index in [2.05, 4.69) is 4.84 Å². The standard InChI is InChI=1S/C8H16ClNO2/c1-11-8(12-2)6-4-3-5-7(8)10-9/h7,10H,3-6H2,1-2H3. The Morgan fingerprint density at radius 3 is 2.42 bits per heavy atom. The Kier molecular flexibility index (Phi) is 3.77. The maximum atomic E-state index is 5.61. The van der Waals surface area contributed by atoms with Gasteiger partial charge in [-0.15, -0.1) is 0 Å². The number of rotatable bonds is 3. The van der Waals surface area contributed by atoms with Gasteiger partial charge in [0, 0.05) is 20.6 Å². The Hall–Kier alpha value is 0.170. The van der Waals surface area contributed by atoms with E-state index in [4.69, 9.17) is 21.3 Å². The molecule has 3 nitrogen and oxygen atoms in total. The monoisotopic (exact) mass is 193 g/mol. The van der Waals surface area contributed by atoms with Crippen LogP contribution in [0.2, 0.25) is 0 Å². The number of halogens is 1. The highest BCUT2D eigenvalue weighted by atomic mass is 35.5. The molecule has 1 N–H and O–H groups in total. The minimum absolute atomic E-state index is 0.0999. The van der Waals surface area contributed by atoms with Gasteiger partial charge in [0.25, 0.3) is 0 Å². The lowest BCUT2D eigenvalue weighted by Crippen LogP contribution is -2.52. The first-order valence-electron chi connectivity index (χ1n) is 4.25. The van der Waals surface area contributed by atoms with E-state index in [-0.39, 0.29) is 6.04 Å². The third kappa shape index (κ3) is 1.74. The van der Waals surface area contributed by atoms with Gasteiger partial charge in [0.05, 0.1) is 6.04 Å². The summed E-state index contributed by atoms with van der Waals surface area (Å²) in [5.41, 5.74) is 0. The van der Waals surface area contributed by atoms with Crippen molar-refractivity contribution in [3.8, 4) is 0 Å². The summed E-state index contributed by atoms with van der Waals surface area (Å²) in [4.78, 5) is 2.72. The average Bonchev–Trinajstić information content (AvgIpc) is 2.17. The molecule has 12 heavy (non-hydrogen) atoms. The van der Waals surface area contributed by atoms with Gasteiger partial charge in [-0.1, -0.05) is 6.42 Å². The topological polar surface area (TPSA) is 30.5 Å². The molecule has 1 saturated carbocycles. The average molecular weight is 194 g/mol. The highest BCUT2D eigenvalue weighted by Crippen LogP contribution is 2.32. The molecular formula is C8H16ClNO2. The summed E-state index contributed by atoms with van der Waals surface area (Å²) in [5.74, 6) is -0.514. The van der Waals surface area contributed by atoms with E-state index in [1.54, 1.807) is 14.2 Å². The molecule has 0 amide bonds. The molecule has 1 aliphatic rings. The maximum absolute atomic E-state index is 5.61. The summed E-state index contributed by atoms with van der Waals surface area (Å²) < 4.78 is 10.7. The minimum atomic E-state index is -0.514. The van der Waals surface area contributed by atoms with Crippen LogP contribution in [-0.2, 0) is 9.47 Å². The third-order valence-electron chi connectivity index (χ3n) is 2.62. The molecule has 4 heteroatoms. The SMILES string of the molecule is COC1(OC)CCCCC1NCl. The van der Waals surface area contributed by atoms with Gasteiger partial charge in [0.2, 0.25) is 0 Å². The van der Waals surface area contributed by atoms with Crippen molar-refractivity contribution >= 4 is 11.8 Å². The molecule has 0 heterocycles. The second kappa shape index (κ2) is 4.42. The molecule has 72 valence electrons. The van der Waals surface area contributed by atoms with E-state index in [9.17, 15) is 0 Å². The third-order valence-corrected chi connectivity index (χ3v) is 2.89. The van der Waals surface area contributed by atoms with Crippen LogP contribution in [0, 0.1) is 0 Å². The van der Waals surface area contributed by atoms with Gasteiger partial charge in [-0.2, -0.15) is 0 Å². The molecule has 0 aliphatic heterocycles. The van der Waals surface area contributed by atoms with Crippen LogP contribution in [0.4, 0.5) is 0 Å². The molecule has 0 radical (unpaired) electrons. The molecule has 0 spiro atoms. The Labute approximate surface area is 78.5 Å². The predicted octanol–water partition coefficient (Wildman–Crippen LogP) is 1.66. The fourth-order valence-corrected chi connectivity index (χ4v) is 2.10. The summed E-state index contributed by atoms with van der Waals surface area (Å²) in [5, 5.41) is 0. The minimum Gasteiger partial charge on any atom is -0.352 e. The van der Waals surface area contributed by atoms with Crippen LogP contribution in [0.5, 0.6) is 0 Å². The largest absolute Gasteiger partial charge is 0.352 e. The van der Waals surface area contributed by atoms with Crippen molar-refractivity contribution in [3.05, 3.63) is 0 Å². The highest BCUT2D eigenvalue weighted by molar-refractivity contribution is 6.13. The van der Waals surface area contributed by atoms with Crippen LogP contribution in [-0.4, -0.2) is 26.0 Å². The smallest absolute Gasteiger partial charge is 0.184 e. The van der Waals surface area contributed by atoms with Crippen LogP contribution in [0.25, 0.3) is 0 Å². The van der Waals surface area contributed by atoms with Crippen LogP contribution in [0.1, 0.15) is 25.7 Å². The molecule has 1 atom stereocenters. The zero-order chi connectivity index (χ0) is 9.03. The van der Waals surface area contributed by atoms with E-state index in [0.717, 1.165) is 19.3 Å². The number of hydrogen-bond donors (Lipinski definition) is 1. The van der Waals surface area contributed by atoms with Gasteiger partial charge in [0.15, 0.2) is 5.79 Å². The summed E-state index contributed by atoms with van der Waals surface area (Å²) in [6.07, 6.45) is 4.23. The quantitative estimate of drug-likeness (QED) is 0.546. The van der Waals surface area contributed by atoms with Crippen molar-refractivity contribution in [1.29, 1.82) is 0 Å². The zero-order valence-electron chi connectivity index (χ0n) is 7.60. The van der Waals surface area contributed by atoms with E-state index in [0.29, 0.717) is 0 Å². The lowest BCUT2D eigenvalue weighted by Gasteiger charge is -2.40. The second-order valence-electron chi connectivity index (χ2n) is 3.13. The van der Waals surface area contributed by atoms with Gasteiger partial charge in [-0.25, -0.2) is 4.84 Å². The van der Waals surface area contributed by atoms with E-state index >= 15 is 0 Å². The fraction of sp³-hybridized carbons (Fsp3) is 1.00. The fourth-order valence-electron chi connectivity index (χ4n) is 1.82. The summed E-state index contributed by atoms with van der Waals surface area (Å²) in [6.45, 7) is 0. The highest BCUT2D eigenvalue weighted by Gasteiger charge is 2.40. The van der Waals surface area contributed by atoms with Crippen LogP contribution >= 0.6 is 11.8 Å². The summed E-state index contributed by atoms with van der Waals surface area (Å²) in [7, 11) is 3.33. The van der Waals surface area contributed by atoms with Crippen molar-refractivity contribution in [2.45, 2.75) is 37.5 Å². The van der Waals surface area contributed by atoms with Gasteiger partial charge in [-0.05, 0) is 24.6 Å². The molecule has 0 aromatic heterocycles. The number of methoxy groups -OCH3 is 2. The van der Waals surface area contributed by atoms with Crippen LogP contribution in [0.3, 0.4) is 0 Å². The molecule has 1 fully saturated rings. The van der Waals surface area contributed by atoms with E-state index < -0.39 is 5.79 Å². The molecule has 0 bridgehead atoms. The molecular weight excluding hydrogens is 178 g/mol. The Morgan fingerprint density at radius 1 is 1.33 bits per heavy atom. The van der Waals surface area contributed by atoms with Gasteiger partial charge < -0.3 is 9.47 Å². The zero-order valence-corrected chi connectivity index (χ0v) is 8.36. The summed E-state index contributed by atoms with van der Waals surface area (Å²) in [6, 6.07) is 0.0999. The molecule has 1 aliphatic carbocycles. The lowest BCUT2D eigenvalue weighted by atomic mass is 9.89. The maximum Gasteiger partial charge on any atom is 0.184 e. The summed E-state index contributed by atoms with van der Waals surface area (Å²) >= 11 is 5.61. The predicted molar refractivity (Wildman–Crippen MR) is 48.0 cm³/mol. The molecule has 1 unspecified atom stereocenters. The number of nitrogens with one attached hydrogen (secondary N) is 1. The first-order valence-corrected chi connectivity index (χ1v) is 4.63. The number of hydrogen-bond acceptors (Lipinski definition) is 3. The van der Waals surface area contributed by atoms with Crippen molar-refractivity contribution in [2.24, 2.45) is 0 Å². The Balaban J connectivity index is 2.66. The number of ether oxygens (including phenoxy) is 2. The van der Waals surface area contributed by atoms with Crippen molar-refractivity contribution < 1.29 is 9.47 Å². The van der Waals surface area contributed by atoms with E-state index in [1.165, 1.54) is 6.42 Å².